The number of hydrogen-bond acceptors (Lipinski definition) is 4. The second kappa shape index (κ2) is 9.16. The molecular weight excluding hydrogens is 348 g/mol. The maximum Gasteiger partial charge on any atom is 0.240 e. The molecule has 0 fully saturated rings. The van der Waals surface area contributed by atoms with E-state index in [1.807, 2.05) is 31.2 Å². The van der Waals surface area contributed by atoms with Crippen molar-refractivity contribution in [1.29, 1.82) is 0 Å². The zero-order valence-electron chi connectivity index (χ0n) is 15.9. The molecule has 0 aliphatic heterocycles. The number of likely N-dealkylation sites (N-methyl/N-ethyl adjacent to an activating group) is 1. The van der Waals surface area contributed by atoms with Crippen molar-refractivity contribution in [1.82, 2.24) is 9.62 Å². The highest BCUT2D eigenvalue weighted by Gasteiger charge is 2.22. The van der Waals surface area contributed by atoms with Gasteiger partial charge in [-0.05, 0) is 49.8 Å². The first-order chi connectivity index (χ1) is 12.4. The van der Waals surface area contributed by atoms with Crippen LogP contribution in [-0.2, 0) is 10.0 Å². The van der Waals surface area contributed by atoms with E-state index in [0.717, 1.165) is 30.0 Å². The summed E-state index contributed by atoms with van der Waals surface area (Å²) >= 11 is 0. The highest BCUT2D eigenvalue weighted by atomic mass is 32.2. The second-order valence-corrected chi connectivity index (χ2v) is 7.94. The first kappa shape index (κ1) is 20.4. The SMILES string of the molecule is CCN(CC)[C@H](CNS(=O)(=O)c1ccc(C)cc1)c1ccc(OC)cc1. The maximum atomic E-state index is 12.6. The molecule has 0 saturated heterocycles. The topological polar surface area (TPSA) is 58.6 Å². The summed E-state index contributed by atoms with van der Waals surface area (Å²) in [4.78, 5) is 2.52. The normalized spacial score (nSPS) is 13.0. The highest BCUT2D eigenvalue weighted by Crippen LogP contribution is 2.23. The molecule has 0 saturated carbocycles. The molecule has 0 heterocycles. The van der Waals surface area contributed by atoms with E-state index in [-0.39, 0.29) is 10.9 Å². The first-order valence-corrected chi connectivity index (χ1v) is 10.3. The number of nitrogens with zero attached hydrogens (tertiary/aromatic N) is 1. The number of hydrogen-bond donors (Lipinski definition) is 1. The fourth-order valence-corrected chi connectivity index (χ4v) is 3.98. The molecular formula is C20H28N2O3S. The monoisotopic (exact) mass is 376 g/mol. The van der Waals surface area contributed by atoms with Gasteiger partial charge in [0.25, 0.3) is 0 Å². The van der Waals surface area contributed by atoms with Crippen LogP contribution in [0.15, 0.2) is 53.4 Å². The minimum atomic E-state index is -3.54. The molecule has 5 nitrogen and oxygen atoms in total. The number of benzene rings is 2. The van der Waals surface area contributed by atoms with Gasteiger partial charge >= 0.3 is 0 Å². The van der Waals surface area contributed by atoms with Gasteiger partial charge in [-0.3, -0.25) is 4.90 Å². The molecule has 1 atom stereocenters. The van der Waals surface area contributed by atoms with Gasteiger partial charge in [0.05, 0.1) is 12.0 Å². The summed E-state index contributed by atoms with van der Waals surface area (Å²) in [5.41, 5.74) is 2.09. The van der Waals surface area contributed by atoms with Gasteiger partial charge in [0.15, 0.2) is 0 Å². The Labute approximate surface area is 157 Å². The zero-order chi connectivity index (χ0) is 19.2. The fraction of sp³-hybridized carbons (Fsp3) is 0.400. The third-order valence-electron chi connectivity index (χ3n) is 4.55. The Morgan fingerprint density at radius 2 is 1.58 bits per heavy atom. The molecule has 0 aliphatic carbocycles. The summed E-state index contributed by atoms with van der Waals surface area (Å²) in [5.74, 6) is 0.785. The third kappa shape index (κ3) is 5.06. The maximum absolute atomic E-state index is 12.6. The van der Waals surface area contributed by atoms with Gasteiger partial charge in [-0.15, -0.1) is 0 Å². The van der Waals surface area contributed by atoms with Crippen LogP contribution in [0.4, 0.5) is 0 Å². The molecule has 0 aromatic heterocycles. The van der Waals surface area contributed by atoms with Gasteiger partial charge in [-0.2, -0.15) is 0 Å². The number of methoxy groups -OCH3 is 1. The van der Waals surface area contributed by atoms with E-state index in [0.29, 0.717) is 6.54 Å². The molecule has 0 amide bonds. The Balaban J connectivity index is 2.21. The van der Waals surface area contributed by atoms with Crippen molar-refractivity contribution < 1.29 is 13.2 Å². The highest BCUT2D eigenvalue weighted by molar-refractivity contribution is 7.89. The van der Waals surface area contributed by atoms with E-state index < -0.39 is 10.0 Å². The lowest BCUT2D eigenvalue weighted by Crippen LogP contribution is -2.38. The van der Waals surface area contributed by atoms with Crippen molar-refractivity contribution >= 4 is 10.0 Å². The fourth-order valence-electron chi connectivity index (χ4n) is 2.94. The van der Waals surface area contributed by atoms with Gasteiger partial charge in [-0.25, -0.2) is 13.1 Å². The lowest BCUT2D eigenvalue weighted by atomic mass is 10.1. The van der Waals surface area contributed by atoms with Gasteiger partial charge < -0.3 is 4.74 Å². The number of ether oxygens (including phenoxy) is 1. The Bertz CT molecular complexity index is 783. The number of rotatable bonds is 9. The standard InChI is InChI=1S/C20H28N2O3S/c1-5-22(6-2)20(17-9-11-18(25-4)12-10-17)15-21-26(23,24)19-13-7-16(3)8-14-19/h7-14,20-21H,5-6,15H2,1-4H3/t20-/m1/s1. The van der Waals surface area contributed by atoms with Crippen LogP contribution in [0.2, 0.25) is 0 Å². The second-order valence-electron chi connectivity index (χ2n) is 6.18. The number of sulfonamides is 1. The van der Waals surface area contributed by atoms with Crippen molar-refractivity contribution in [2.45, 2.75) is 31.7 Å². The van der Waals surface area contributed by atoms with E-state index >= 15 is 0 Å². The average Bonchev–Trinajstić information content (AvgIpc) is 2.65. The molecule has 2 rings (SSSR count). The number of nitrogens with one attached hydrogen (secondary N) is 1. The Morgan fingerprint density at radius 1 is 1.00 bits per heavy atom. The minimum Gasteiger partial charge on any atom is -0.497 e. The van der Waals surface area contributed by atoms with E-state index in [4.69, 9.17) is 4.74 Å². The molecule has 0 unspecified atom stereocenters. The van der Waals surface area contributed by atoms with Crippen LogP contribution >= 0.6 is 0 Å². The quantitative estimate of drug-likeness (QED) is 0.729. The van der Waals surface area contributed by atoms with Crippen molar-refractivity contribution in [2.75, 3.05) is 26.7 Å². The van der Waals surface area contributed by atoms with Crippen molar-refractivity contribution in [2.24, 2.45) is 0 Å². The summed E-state index contributed by atoms with van der Waals surface area (Å²) < 4.78 is 33.2. The van der Waals surface area contributed by atoms with Crippen LogP contribution in [0, 0.1) is 6.92 Å². The van der Waals surface area contributed by atoms with E-state index in [1.54, 1.807) is 31.4 Å². The van der Waals surface area contributed by atoms with Crippen LogP contribution in [0.3, 0.4) is 0 Å². The molecule has 0 aliphatic rings. The predicted octanol–water partition coefficient (Wildman–Crippen LogP) is 3.37. The van der Waals surface area contributed by atoms with Crippen molar-refractivity contribution in [3.05, 3.63) is 59.7 Å². The molecule has 2 aromatic rings. The molecule has 0 bridgehead atoms. The average molecular weight is 377 g/mol. The van der Waals surface area contributed by atoms with Crippen LogP contribution in [-0.4, -0.2) is 40.1 Å². The van der Waals surface area contributed by atoms with Gasteiger partial charge in [0.2, 0.25) is 10.0 Å². The summed E-state index contributed by atoms with van der Waals surface area (Å²) in [6.07, 6.45) is 0. The zero-order valence-corrected chi connectivity index (χ0v) is 16.7. The predicted molar refractivity (Wildman–Crippen MR) is 105 cm³/mol. The molecule has 6 heteroatoms. The van der Waals surface area contributed by atoms with E-state index in [1.165, 1.54) is 0 Å². The molecule has 142 valence electrons. The van der Waals surface area contributed by atoms with Crippen LogP contribution in [0.5, 0.6) is 5.75 Å². The van der Waals surface area contributed by atoms with Gasteiger partial charge in [-0.1, -0.05) is 43.7 Å². The summed E-state index contributed by atoms with van der Waals surface area (Å²) in [6, 6.07) is 14.6. The number of aryl methyl sites for hydroxylation is 1. The van der Waals surface area contributed by atoms with Gasteiger partial charge in [0, 0.05) is 12.6 Å². The first-order valence-electron chi connectivity index (χ1n) is 8.85. The van der Waals surface area contributed by atoms with E-state index in [9.17, 15) is 8.42 Å². The van der Waals surface area contributed by atoms with Crippen LogP contribution < -0.4 is 9.46 Å². The summed E-state index contributed by atoms with van der Waals surface area (Å²) in [7, 11) is -1.91. The lowest BCUT2D eigenvalue weighted by Gasteiger charge is -2.30. The van der Waals surface area contributed by atoms with Crippen LogP contribution in [0.1, 0.15) is 31.0 Å². The lowest BCUT2D eigenvalue weighted by molar-refractivity contribution is 0.220. The third-order valence-corrected chi connectivity index (χ3v) is 5.99. The van der Waals surface area contributed by atoms with Gasteiger partial charge in [0.1, 0.15) is 5.75 Å². The minimum absolute atomic E-state index is 0.0453. The molecule has 0 spiro atoms. The van der Waals surface area contributed by atoms with Crippen molar-refractivity contribution in [3.63, 3.8) is 0 Å². The Kier molecular flexibility index (Phi) is 7.20. The molecule has 0 radical (unpaired) electrons. The van der Waals surface area contributed by atoms with Crippen molar-refractivity contribution in [3.8, 4) is 5.75 Å². The van der Waals surface area contributed by atoms with Crippen LogP contribution in [0.25, 0.3) is 0 Å². The Hall–Kier alpha value is -1.89. The Morgan fingerprint density at radius 3 is 2.08 bits per heavy atom. The molecule has 26 heavy (non-hydrogen) atoms. The largest absolute Gasteiger partial charge is 0.497 e. The molecule has 1 N–H and O–H groups in total. The summed E-state index contributed by atoms with van der Waals surface area (Å²) in [5, 5.41) is 0. The smallest absolute Gasteiger partial charge is 0.240 e. The molecule has 2 aromatic carbocycles. The van der Waals surface area contributed by atoms with E-state index in [2.05, 4.69) is 23.5 Å². The summed E-state index contributed by atoms with van der Waals surface area (Å²) in [6.45, 7) is 8.07.